The van der Waals surface area contributed by atoms with E-state index >= 15 is 0 Å². The van der Waals surface area contributed by atoms with Gasteiger partial charge in [0.25, 0.3) is 0 Å². The van der Waals surface area contributed by atoms with Crippen LogP contribution >= 0.6 is 0 Å². The molecule has 0 saturated heterocycles. The van der Waals surface area contributed by atoms with Crippen LogP contribution in [-0.4, -0.2) is 20.9 Å². The zero-order valence-electron chi connectivity index (χ0n) is 9.90. The Morgan fingerprint density at radius 1 is 1.53 bits per heavy atom. The van der Waals surface area contributed by atoms with Gasteiger partial charge < -0.3 is 5.11 Å². The van der Waals surface area contributed by atoms with E-state index in [2.05, 4.69) is 5.10 Å². The van der Waals surface area contributed by atoms with Crippen molar-refractivity contribution in [3.05, 3.63) is 17.5 Å². The highest BCUT2D eigenvalue weighted by molar-refractivity contribution is 5.80. The van der Waals surface area contributed by atoms with Crippen LogP contribution in [0.3, 0.4) is 0 Å². The molecule has 4 heteroatoms. The number of aliphatic carboxylic acids is 1. The molecule has 15 heavy (non-hydrogen) atoms. The van der Waals surface area contributed by atoms with Crippen molar-refractivity contribution < 1.29 is 9.90 Å². The van der Waals surface area contributed by atoms with Crippen LogP contribution in [0.4, 0.5) is 0 Å². The molecule has 0 bridgehead atoms. The Bertz CT molecular complexity index is 378. The molecule has 0 aliphatic heterocycles. The standard InChI is InChI=1S/C11H18N2O2/c1-7(2)13-8(3)9(6-12-13)11(4,5)10(14)15/h6-7H,1-5H3,(H,14,15). The fourth-order valence-corrected chi connectivity index (χ4v) is 1.67. The smallest absolute Gasteiger partial charge is 0.313 e. The highest BCUT2D eigenvalue weighted by Crippen LogP contribution is 2.27. The van der Waals surface area contributed by atoms with Crippen LogP contribution in [0.1, 0.15) is 45.0 Å². The van der Waals surface area contributed by atoms with E-state index in [9.17, 15) is 4.79 Å². The summed E-state index contributed by atoms with van der Waals surface area (Å²) >= 11 is 0. The first kappa shape index (κ1) is 11.8. The highest BCUT2D eigenvalue weighted by Gasteiger charge is 2.33. The second-order valence-corrected chi connectivity index (χ2v) is 4.61. The van der Waals surface area contributed by atoms with Gasteiger partial charge in [-0.3, -0.25) is 9.48 Å². The fourth-order valence-electron chi connectivity index (χ4n) is 1.67. The molecule has 1 N–H and O–H groups in total. The Hall–Kier alpha value is -1.32. The van der Waals surface area contributed by atoms with E-state index in [4.69, 9.17) is 5.11 Å². The third kappa shape index (κ3) is 1.89. The van der Waals surface area contributed by atoms with Crippen LogP contribution in [0, 0.1) is 6.92 Å². The maximum absolute atomic E-state index is 11.1. The van der Waals surface area contributed by atoms with Gasteiger partial charge in [0.05, 0.1) is 11.6 Å². The van der Waals surface area contributed by atoms with Gasteiger partial charge in [-0.2, -0.15) is 5.10 Å². The molecule has 1 rings (SSSR count). The summed E-state index contributed by atoms with van der Waals surface area (Å²) in [5.74, 6) is -0.825. The molecule has 0 radical (unpaired) electrons. The van der Waals surface area contributed by atoms with Crippen LogP contribution in [0.25, 0.3) is 0 Å². The van der Waals surface area contributed by atoms with Gasteiger partial charge in [0.15, 0.2) is 0 Å². The zero-order valence-corrected chi connectivity index (χ0v) is 9.90. The summed E-state index contributed by atoms with van der Waals surface area (Å²) in [7, 11) is 0. The fraction of sp³-hybridized carbons (Fsp3) is 0.636. The van der Waals surface area contributed by atoms with Crippen molar-refractivity contribution in [2.75, 3.05) is 0 Å². The molecule has 1 aromatic rings. The average Bonchev–Trinajstić information content (AvgIpc) is 2.46. The predicted molar refractivity (Wildman–Crippen MR) is 58.0 cm³/mol. The van der Waals surface area contributed by atoms with Gasteiger partial charge in [0.2, 0.25) is 0 Å². The summed E-state index contributed by atoms with van der Waals surface area (Å²) < 4.78 is 1.85. The number of hydrogen-bond acceptors (Lipinski definition) is 2. The van der Waals surface area contributed by atoms with Gasteiger partial charge in [0, 0.05) is 17.3 Å². The molecule has 84 valence electrons. The summed E-state index contributed by atoms with van der Waals surface area (Å²) in [5, 5.41) is 13.3. The van der Waals surface area contributed by atoms with Gasteiger partial charge in [-0.15, -0.1) is 0 Å². The van der Waals surface area contributed by atoms with E-state index in [1.165, 1.54) is 0 Å². The van der Waals surface area contributed by atoms with E-state index in [1.54, 1.807) is 20.0 Å². The number of carboxylic acids is 1. The number of hydrogen-bond donors (Lipinski definition) is 1. The summed E-state index contributed by atoms with van der Waals surface area (Å²) in [6.45, 7) is 9.36. The summed E-state index contributed by atoms with van der Waals surface area (Å²) in [4.78, 5) is 11.1. The van der Waals surface area contributed by atoms with E-state index < -0.39 is 11.4 Å². The van der Waals surface area contributed by atoms with Crippen molar-refractivity contribution in [3.8, 4) is 0 Å². The Morgan fingerprint density at radius 3 is 2.40 bits per heavy atom. The van der Waals surface area contributed by atoms with E-state index in [0.29, 0.717) is 0 Å². The lowest BCUT2D eigenvalue weighted by atomic mass is 9.85. The monoisotopic (exact) mass is 210 g/mol. The van der Waals surface area contributed by atoms with Crippen LogP contribution in [0.5, 0.6) is 0 Å². The second kappa shape index (κ2) is 3.68. The molecule has 0 fully saturated rings. The van der Waals surface area contributed by atoms with Crippen molar-refractivity contribution in [1.29, 1.82) is 0 Å². The SMILES string of the molecule is Cc1c(C(C)(C)C(=O)O)cnn1C(C)C. The molecule has 4 nitrogen and oxygen atoms in total. The lowest BCUT2D eigenvalue weighted by Crippen LogP contribution is -2.29. The van der Waals surface area contributed by atoms with Crippen molar-refractivity contribution in [2.45, 2.75) is 46.1 Å². The quantitative estimate of drug-likeness (QED) is 0.831. The van der Waals surface area contributed by atoms with Crippen molar-refractivity contribution in [2.24, 2.45) is 0 Å². The topological polar surface area (TPSA) is 55.1 Å². The van der Waals surface area contributed by atoms with Crippen molar-refractivity contribution in [3.63, 3.8) is 0 Å². The van der Waals surface area contributed by atoms with Gasteiger partial charge in [-0.05, 0) is 34.6 Å². The first-order chi connectivity index (χ1) is 6.78. The normalized spacial score (nSPS) is 12.1. The minimum atomic E-state index is -0.878. The maximum Gasteiger partial charge on any atom is 0.313 e. The van der Waals surface area contributed by atoms with E-state index in [-0.39, 0.29) is 6.04 Å². The second-order valence-electron chi connectivity index (χ2n) is 4.61. The maximum atomic E-state index is 11.1. The molecule has 1 heterocycles. The summed E-state index contributed by atoms with van der Waals surface area (Å²) in [6, 6.07) is 0.253. The van der Waals surface area contributed by atoms with Gasteiger partial charge in [-0.1, -0.05) is 0 Å². The van der Waals surface area contributed by atoms with Gasteiger partial charge in [-0.25, -0.2) is 0 Å². The number of rotatable bonds is 3. The van der Waals surface area contributed by atoms with Gasteiger partial charge in [0.1, 0.15) is 0 Å². The molecule has 0 saturated carbocycles. The third-order valence-corrected chi connectivity index (χ3v) is 2.74. The molecule has 0 aliphatic carbocycles. The molecule has 0 unspecified atom stereocenters. The largest absolute Gasteiger partial charge is 0.481 e. The summed E-state index contributed by atoms with van der Waals surface area (Å²) in [5.41, 5.74) is 0.832. The van der Waals surface area contributed by atoms with Crippen LogP contribution in [0.15, 0.2) is 6.20 Å². The number of carbonyl (C=O) groups is 1. The Labute approximate surface area is 89.9 Å². The minimum absolute atomic E-state index is 0.253. The minimum Gasteiger partial charge on any atom is -0.481 e. The molecule has 0 spiro atoms. The van der Waals surface area contributed by atoms with Crippen molar-refractivity contribution in [1.82, 2.24) is 9.78 Å². The van der Waals surface area contributed by atoms with Crippen molar-refractivity contribution >= 4 is 5.97 Å². The Kier molecular flexibility index (Phi) is 2.88. The number of nitrogens with zero attached hydrogens (tertiary/aromatic N) is 2. The molecule has 0 aromatic carbocycles. The number of carboxylic acid groups (broad SMARTS) is 1. The van der Waals surface area contributed by atoms with E-state index in [0.717, 1.165) is 11.3 Å². The molecular weight excluding hydrogens is 192 g/mol. The summed E-state index contributed by atoms with van der Waals surface area (Å²) in [6.07, 6.45) is 1.66. The average molecular weight is 210 g/mol. The molecule has 1 aromatic heterocycles. The molecule has 0 atom stereocenters. The Morgan fingerprint density at radius 2 is 2.07 bits per heavy atom. The zero-order chi connectivity index (χ0) is 11.8. The first-order valence-electron chi connectivity index (χ1n) is 5.06. The molecule has 0 amide bonds. The lowest BCUT2D eigenvalue weighted by Gasteiger charge is -2.19. The predicted octanol–water partition coefficient (Wildman–Crippen LogP) is 2.13. The highest BCUT2D eigenvalue weighted by atomic mass is 16.4. The lowest BCUT2D eigenvalue weighted by molar-refractivity contribution is -0.142. The molecular formula is C11H18N2O2. The van der Waals surface area contributed by atoms with Gasteiger partial charge >= 0.3 is 5.97 Å². The van der Waals surface area contributed by atoms with Crippen LogP contribution < -0.4 is 0 Å². The number of aromatic nitrogens is 2. The molecule has 0 aliphatic rings. The van der Waals surface area contributed by atoms with E-state index in [1.807, 2.05) is 25.5 Å². The Balaban J connectivity index is 3.23. The van der Waals surface area contributed by atoms with Crippen LogP contribution in [0.2, 0.25) is 0 Å². The van der Waals surface area contributed by atoms with Crippen LogP contribution in [-0.2, 0) is 10.2 Å². The third-order valence-electron chi connectivity index (χ3n) is 2.74. The first-order valence-corrected chi connectivity index (χ1v) is 5.06.